The SMILES string of the molecule is CC(C)(C)OC(=O)N1CCO[C@@H]2CNC[C@H]21.Cc1cn2cc(NC(=O)c3cnc(Cl)cn3)cc(F)c2n1.Cc1cn2cc(NC(=O)c3cnc(N4C[C@@H]5[C@@H](C4)OCCN5C(=O)OC(C)(C)C)cn3)cc(F)c2n1.Cc1cn2cc(NC(=O)c3cnc(N4C[C@H]5NCCO[C@@H]5C4)cn3)cc(F)c2n1. The number of halogens is 4. The molecule has 0 radical (unpaired) electrons. The van der Waals surface area contributed by atoms with Crippen LogP contribution in [0.3, 0.4) is 0 Å². The molecule has 15 heterocycles. The molecule has 9 aromatic rings. The first-order valence-electron chi connectivity index (χ1n) is 32.9. The number of imidazole rings is 3. The smallest absolute Gasteiger partial charge is 0.410 e. The lowest BCUT2D eigenvalue weighted by Crippen LogP contribution is -2.54. The number of nitrogens with one attached hydrogen (secondary N) is 5. The van der Waals surface area contributed by atoms with E-state index in [0.29, 0.717) is 86.1 Å². The van der Waals surface area contributed by atoms with Gasteiger partial charge in [0.1, 0.15) is 45.1 Å². The van der Waals surface area contributed by atoms with E-state index in [-0.39, 0.29) is 93.5 Å². The lowest BCUT2D eigenvalue weighted by Gasteiger charge is -2.37. The van der Waals surface area contributed by atoms with Crippen molar-refractivity contribution in [3.63, 3.8) is 0 Å². The normalized spacial score (nSPS) is 20.0. The standard InChI is InChI=1S/C24H28FN7O4.C19H20FN7O2.C13H9ClFN5O.C11H20N2O3/c1-14-10-31-11-15(7-16(25)21(31)28-14)29-22(33)17-8-27-20(9-26-17)30-12-18-19(13-30)35-6-5-32(18)23(34)36-24(2,3)4;1-11-7-27-8-12(4-13(20)18(27)24-11)25-19(28)14-5-23-17(6-22-14)26-9-15-16(10-26)29-3-2-21-15;1-7-5-20-6-8(2-9(15)12(20)18-7)19-13(21)10-3-17-11(14)4-16-10;1-11(2,3)16-10(14)13-4-5-15-9-7-12-6-8(9)13/h7-11,18-19H,5-6,12-13H2,1-4H3,(H,29,33);4-8,15-16,21H,2-3,9-10H2,1H3,(H,25,28);2-6H,1H3,(H,19,21);8-9,12H,4-7H2,1-3H3/t18-,19-;15-,16-;;8-,9-/m11.1/s1. The Morgan fingerprint density at radius 1 is 0.510 bits per heavy atom. The van der Waals surface area contributed by atoms with Crippen LogP contribution in [-0.4, -0.2) is 224 Å². The molecule has 9 aromatic heterocycles. The summed E-state index contributed by atoms with van der Waals surface area (Å²) in [6, 6.07) is 3.89. The molecule has 15 rings (SSSR count). The highest BCUT2D eigenvalue weighted by molar-refractivity contribution is 6.29. The molecule has 0 saturated carbocycles. The number of carbonyl (C=O) groups excluding carboxylic acids is 5. The first kappa shape index (κ1) is 71.6. The second-order valence-electron chi connectivity index (χ2n) is 26.9. The largest absolute Gasteiger partial charge is 0.444 e. The fourth-order valence-electron chi connectivity index (χ4n) is 12.3. The molecule has 6 atom stereocenters. The average Bonchev–Trinajstić information content (AvgIpc) is 1.65. The fraction of sp³-hybridized carbons (Fsp3) is 0.433. The highest BCUT2D eigenvalue weighted by Gasteiger charge is 2.45. The lowest BCUT2D eigenvalue weighted by molar-refractivity contribution is -0.0568. The van der Waals surface area contributed by atoms with E-state index in [1.54, 1.807) is 73.9 Å². The Hall–Kier alpha value is -10.3. The van der Waals surface area contributed by atoms with E-state index in [9.17, 15) is 37.1 Å². The van der Waals surface area contributed by atoms with Crippen LogP contribution in [0.5, 0.6) is 0 Å². The maximum atomic E-state index is 14.3. The van der Waals surface area contributed by atoms with Gasteiger partial charge in [-0.25, -0.2) is 67.6 Å². The van der Waals surface area contributed by atoms with Crippen LogP contribution in [0.15, 0.2) is 92.6 Å². The number of pyridine rings is 3. The van der Waals surface area contributed by atoms with Gasteiger partial charge < -0.3 is 73.3 Å². The number of carbonyl (C=O) groups is 5. The third kappa shape index (κ3) is 17.2. The number of fused-ring (bicyclic) bond motifs is 6. The van der Waals surface area contributed by atoms with E-state index >= 15 is 0 Å². The highest BCUT2D eigenvalue weighted by atomic mass is 35.5. The number of anilines is 5. The van der Waals surface area contributed by atoms with Crippen molar-refractivity contribution >= 4 is 87.1 Å². The van der Waals surface area contributed by atoms with Crippen LogP contribution < -0.4 is 36.4 Å². The zero-order chi connectivity index (χ0) is 72.3. The quantitative estimate of drug-likeness (QED) is 0.105. The molecule has 0 aromatic carbocycles. The van der Waals surface area contributed by atoms with E-state index in [1.165, 1.54) is 62.4 Å². The Bertz CT molecular complexity index is 4540. The van der Waals surface area contributed by atoms with Crippen molar-refractivity contribution in [3.8, 4) is 0 Å². The van der Waals surface area contributed by atoms with Gasteiger partial charge in [-0.1, -0.05) is 11.6 Å². The first-order valence-corrected chi connectivity index (χ1v) is 33.3. The van der Waals surface area contributed by atoms with Gasteiger partial charge in [0, 0.05) is 114 Å². The minimum absolute atomic E-state index is 0.0849. The van der Waals surface area contributed by atoms with Crippen LogP contribution in [0.25, 0.3) is 16.9 Å². The Kier molecular flexibility index (Phi) is 21.1. The molecule has 0 aliphatic carbocycles. The van der Waals surface area contributed by atoms with Gasteiger partial charge in [-0.2, -0.15) is 0 Å². The van der Waals surface area contributed by atoms with Crippen LogP contribution in [0.1, 0.15) is 90.1 Å². The number of aryl methyl sites for hydroxylation is 3. The maximum absolute atomic E-state index is 14.3. The molecular weight excluding hydrogens is 1350 g/mol. The van der Waals surface area contributed by atoms with Gasteiger partial charge in [0.05, 0.1) is 128 Å². The number of nitrogens with zero attached hydrogens (tertiary/aromatic N) is 16. The van der Waals surface area contributed by atoms with Crippen molar-refractivity contribution in [1.29, 1.82) is 0 Å². The first-order chi connectivity index (χ1) is 48.6. The van der Waals surface area contributed by atoms with Crippen LogP contribution >= 0.6 is 11.6 Å². The molecule has 0 unspecified atom stereocenters. The van der Waals surface area contributed by atoms with E-state index in [0.717, 1.165) is 32.7 Å². The van der Waals surface area contributed by atoms with Crippen LogP contribution in [0, 0.1) is 38.2 Å². The van der Waals surface area contributed by atoms with E-state index in [4.69, 9.17) is 35.3 Å². The summed E-state index contributed by atoms with van der Waals surface area (Å²) >= 11 is 5.60. The van der Waals surface area contributed by atoms with Gasteiger partial charge in [-0.05, 0) is 62.3 Å². The summed E-state index contributed by atoms with van der Waals surface area (Å²) in [6.45, 7) is 24.3. The number of rotatable bonds is 8. The molecule has 6 aliphatic rings. The Morgan fingerprint density at radius 2 is 0.931 bits per heavy atom. The summed E-state index contributed by atoms with van der Waals surface area (Å²) in [5, 5.41) is 14.7. The number of aromatic nitrogens is 12. The van der Waals surface area contributed by atoms with Crippen molar-refractivity contribution < 1.29 is 60.8 Å². The summed E-state index contributed by atoms with van der Waals surface area (Å²) in [6.07, 6.45) is 17.7. The van der Waals surface area contributed by atoms with Gasteiger partial charge in [-0.3, -0.25) is 24.2 Å². The molecule has 102 heavy (non-hydrogen) atoms. The minimum Gasteiger partial charge on any atom is -0.444 e. The summed E-state index contributed by atoms with van der Waals surface area (Å²) in [7, 11) is 0. The molecule has 5 amide bonds. The molecule has 6 aliphatic heterocycles. The third-order valence-electron chi connectivity index (χ3n) is 16.8. The predicted molar refractivity (Wildman–Crippen MR) is 366 cm³/mol. The Labute approximate surface area is 587 Å². The van der Waals surface area contributed by atoms with E-state index < -0.39 is 46.4 Å². The summed E-state index contributed by atoms with van der Waals surface area (Å²) in [5.74, 6) is -1.79. The predicted octanol–water partition coefficient (Wildman–Crippen LogP) is 6.72. The molecule has 0 bridgehead atoms. The third-order valence-corrected chi connectivity index (χ3v) is 16.9. The Morgan fingerprint density at radius 3 is 1.36 bits per heavy atom. The van der Waals surface area contributed by atoms with Crippen molar-refractivity contribution in [1.82, 2.24) is 78.5 Å². The lowest BCUT2D eigenvalue weighted by atomic mass is 10.1. The highest BCUT2D eigenvalue weighted by Crippen LogP contribution is 2.30. The monoisotopic (exact) mass is 1430 g/mol. The molecule has 6 saturated heterocycles. The van der Waals surface area contributed by atoms with E-state index in [1.807, 2.05) is 46.4 Å². The number of morpholine rings is 3. The second-order valence-corrected chi connectivity index (χ2v) is 27.3. The Balaban J connectivity index is 0.000000134. The second kappa shape index (κ2) is 30.1. The summed E-state index contributed by atoms with van der Waals surface area (Å²) in [4.78, 5) is 107. The number of hydrogen-bond donors (Lipinski definition) is 5. The van der Waals surface area contributed by atoms with Gasteiger partial charge >= 0.3 is 12.2 Å². The van der Waals surface area contributed by atoms with Crippen LogP contribution in [-0.2, 0) is 23.7 Å². The summed E-state index contributed by atoms with van der Waals surface area (Å²) < 4.78 is 75.2. The molecule has 0 spiro atoms. The minimum atomic E-state index is -0.583. The zero-order valence-corrected chi connectivity index (χ0v) is 58.1. The van der Waals surface area contributed by atoms with Gasteiger partial charge in [0.2, 0.25) is 0 Å². The van der Waals surface area contributed by atoms with Gasteiger partial charge in [0.15, 0.2) is 34.4 Å². The number of ether oxygens (including phenoxy) is 5. The van der Waals surface area contributed by atoms with Gasteiger partial charge in [0.25, 0.3) is 17.7 Å². The van der Waals surface area contributed by atoms with E-state index in [2.05, 4.69) is 76.3 Å². The topological polar surface area (TPSA) is 334 Å². The van der Waals surface area contributed by atoms with Crippen molar-refractivity contribution in [2.75, 3.05) is 104 Å². The molecule has 538 valence electrons. The maximum Gasteiger partial charge on any atom is 0.410 e. The van der Waals surface area contributed by atoms with Crippen LogP contribution in [0.4, 0.5) is 51.5 Å². The molecule has 31 nitrogen and oxygen atoms in total. The van der Waals surface area contributed by atoms with Crippen molar-refractivity contribution in [3.05, 3.63) is 149 Å². The van der Waals surface area contributed by atoms with Crippen molar-refractivity contribution in [2.45, 2.75) is 110 Å². The van der Waals surface area contributed by atoms with Gasteiger partial charge in [-0.15, -0.1) is 0 Å². The number of amides is 5. The molecular formula is C67H77ClF3N21O10. The molecule has 5 N–H and O–H groups in total. The molecule has 35 heteroatoms. The molecule has 6 fully saturated rings. The fourth-order valence-corrected chi connectivity index (χ4v) is 12.4. The van der Waals surface area contributed by atoms with Crippen LogP contribution in [0.2, 0.25) is 5.15 Å². The average molecular weight is 1430 g/mol. The summed E-state index contributed by atoms with van der Waals surface area (Å²) in [5.41, 5.74) is 2.84. The van der Waals surface area contributed by atoms with Crippen molar-refractivity contribution in [2.24, 2.45) is 0 Å². The zero-order valence-electron chi connectivity index (χ0n) is 57.4. The number of hydrogen-bond acceptors (Lipinski definition) is 23.